The van der Waals surface area contributed by atoms with Gasteiger partial charge in [0.2, 0.25) is 41.4 Å². The molecule has 72 heavy (non-hydrogen) atoms. The van der Waals surface area contributed by atoms with E-state index in [9.17, 15) is 43.5 Å². The molecule has 27 heteroatoms. The quantitative estimate of drug-likeness (QED) is 0.0173. The van der Waals surface area contributed by atoms with E-state index in [1.165, 1.54) is 13.8 Å². The van der Waals surface area contributed by atoms with Crippen molar-refractivity contribution < 1.29 is 43.5 Å². The van der Waals surface area contributed by atoms with Gasteiger partial charge in [-0.05, 0) is 96.1 Å². The van der Waals surface area contributed by atoms with Crippen molar-refractivity contribution in [3.63, 3.8) is 0 Å². The molecule has 0 heterocycles. The fraction of sp³-hybridized carbons (Fsp3) is 0.622. The Hall–Kier alpha value is -7.29. The van der Waals surface area contributed by atoms with Gasteiger partial charge in [-0.15, -0.1) is 0 Å². The number of aliphatic carboxylic acids is 1. The molecule has 1 rings (SSSR count). The molecule has 1 aromatic carbocycles. The Morgan fingerprint density at radius 2 is 0.875 bits per heavy atom. The lowest BCUT2D eigenvalue weighted by Crippen LogP contribution is -2.60. The SMILES string of the molecule is CC(C)C[C@H](NC(=O)[C@H](C)NC(=O)[C@@H](N)CCCN=C(N)N)C(=O)N[C@@H](CCCCN)C(=O)N[C@@H](Cc1ccccc1)C(=O)N[C@@H](C)C(=O)N[C@@H](CCCN=C(N)N)C(=O)N[C@@H](CCCN=C(N)N)C(=O)O. The molecule has 24 N–H and O–H groups in total. The molecule has 0 saturated carbocycles. The monoisotopic (exact) mass is 1020 g/mol. The standard InChI is InChI=1S/C45H80N18O9/c1-25(2)23-33(62-36(65)26(3)57-37(66)29(47)15-10-20-54-43(48)49)41(70)60-30(16-8-9-19-46)39(68)63-34(24-28-13-6-5-7-14-28)40(69)58-27(4)35(64)59-31(17-11-21-55-44(50)51)38(67)61-32(42(71)72)18-12-22-56-45(52)53/h5-7,13-14,25-27,29-34H,8-12,15-24,46-47H2,1-4H3,(H,57,66)(H,58,69)(H,59,64)(H,60,70)(H,61,67)(H,62,65)(H,63,68)(H,71,72)(H4,48,49,54)(H4,50,51,55)(H4,52,53,56)/t26-,27-,29-,30-,31-,32-,33-,34-/m0/s1. The second-order valence-corrected chi connectivity index (χ2v) is 17.7. The van der Waals surface area contributed by atoms with E-state index in [0.29, 0.717) is 24.8 Å². The van der Waals surface area contributed by atoms with Crippen molar-refractivity contribution in [3.8, 4) is 0 Å². The van der Waals surface area contributed by atoms with Crippen LogP contribution in [0.4, 0.5) is 0 Å². The van der Waals surface area contributed by atoms with Crippen LogP contribution in [-0.4, -0.2) is 145 Å². The third kappa shape index (κ3) is 26.6. The lowest BCUT2D eigenvalue weighted by molar-refractivity contribution is -0.142. The highest BCUT2D eigenvalue weighted by Gasteiger charge is 2.33. The third-order valence-electron chi connectivity index (χ3n) is 10.8. The van der Waals surface area contributed by atoms with E-state index in [4.69, 9.17) is 45.9 Å². The maximum absolute atomic E-state index is 14.2. The van der Waals surface area contributed by atoms with E-state index in [1.54, 1.807) is 30.3 Å². The molecule has 7 amide bonds. The Balaban J connectivity index is 3.34. The number of carboxylic acid groups (broad SMARTS) is 1. The molecule has 0 unspecified atom stereocenters. The third-order valence-corrected chi connectivity index (χ3v) is 10.8. The van der Waals surface area contributed by atoms with Gasteiger partial charge in [0.25, 0.3) is 0 Å². The zero-order valence-corrected chi connectivity index (χ0v) is 41.9. The van der Waals surface area contributed by atoms with Crippen molar-refractivity contribution in [2.75, 3.05) is 26.2 Å². The van der Waals surface area contributed by atoms with Crippen LogP contribution in [-0.2, 0) is 44.8 Å². The summed E-state index contributed by atoms with van der Waals surface area (Å²) >= 11 is 0. The predicted molar refractivity (Wildman–Crippen MR) is 273 cm³/mol. The number of amides is 7. The Morgan fingerprint density at radius 3 is 1.35 bits per heavy atom. The molecule has 0 aromatic heterocycles. The van der Waals surface area contributed by atoms with Gasteiger partial charge in [0.1, 0.15) is 42.3 Å². The zero-order valence-electron chi connectivity index (χ0n) is 41.9. The average molecular weight is 1020 g/mol. The topological polar surface area (TPSA) is 486 Å². The first kappa shape index (κ1) is 62.7. The Morgan fingerprint density at radius 1 is 0.486 bits per heavy atom. The number of nitrogens with one attached hydrogen (secondary N) is 7. The molecule has 0 aliphatic rings. The number of carbonyl (C=O) groups is 8. The molecule has 1 aromatic rings. The summed E-state index contributed by atoms with van der Waals surface area (Å²) < 4.78 is 0. The van der Waals surface area contributed by atoms with Crippen LogP contribution in [0.5, 0.6) is 0 Å². The van der Waals surface area contributed by atoms with Crippen molar-refractivity contribution >= 4 is 65.2 Å². The highest BCUT2D eigenvalue weighted by Crippen LogP contribution is 2.11. The van der Waals surface area contributed by atoms with Crippen LogP contribution in [0, 0.1) is 5.92 Å². The molecule has 0 spiro atoms. The highest BCUT2D eigenvalue weighted by atomic mass is 16.4. The molecular formula is C45H80N18O9. The molecule has 0 saturated heterocycles. The number of aliphatic imine (C=N–C) groups is 3. The second kappa shape index (κ2) is 34.1. The van der Waals surface area contributed by atoms with Crippen molar-refractivity contribution in [2.24, 2.45) is 66.8 Å². The first-order chi connectivity index (χ1) is 33.9. The van der Waals surface area contributed by atoms with E-state index in [2.05, 4.69) is 52.2 Å². The van der Waals surface area contributed by atoms with Crippen molar-refractivity contribution in [1.82, 2.24) is 37.2 Å². The summed E-state index contributed by atoms with van der Waals surface area (Å²) in [7, 11) is 0. The minimum absolute atomic E-state index is 0.0328. The number of carbonyl (C=O) groups excluding carboxylic acids is 7. The van der Waals surface area contributed by atoms with Gasteiger partial charge in [-0.1, -0.05) is 44.2 Å². The number of hydrogen-bond acceptors (Lipinski definition) is 13. The van der Waals surface area contributed by atoms with Gasteiger partial charge >= 0.3 is 5.97 Å². The van der Waals surface area contributed by atoms with Crippen LogP contribution >= 0.6 is 0 Å². The van der Waals surface area contributed by atoms with Gasteiger partial charge in [-0.25, -0.2) is 4.79 Å². The summed E-state index contributed by atoms with van der Waals surface area (Å²) in [5.41, 5.74) is 44.6. The van der Waals surface area contributed by atoms with Crippen LogP contribution in [0.3, 0.4) is 0 Å². The molecule has 0 fully saturated rings. The van der Waals surface area contributed by atoms with E-state index >= 15 is 0 Å². The Bertz CT molecular complexity index is 1990. The number of benzene rings is 1. The van der Waals surface area contributed by atoms with Gasteiger partial charge in [0, 0.05) is 26.1 Å². The predicted octanol–water partition coefficient (Wildman–Crippen LogP) is -4.59. The first-order valence-corrected chi connectivity index (χ1v) is 24.0. The lowest BCUT2D eigenvalue weighted by Gasteiger charge is -2.27. The minimum atomic E-state index is -1.36. The maximum Gasteiger partial charge on any atom is 0.326 e. The van der Waals surface area contributed by atoms with Gasteiger partial charge in [-0.3, -0.25) is 48.5 Å². The number of rotatable bonds is 35. The van der Waals surface area contributed by atoms with Gasteiger partial charge < -0.3 is 88.2 Å². The molecule has 0 radical (unpaired) electrons. The summed E-state index contributed by atoms with van der Waals surface area (Å²) in [6.07, 6.45) is 2.05. The minimum Gasteiger partial charge on any atom is -0.480 e. The van der Waals surface area contributed by atoms with Crippen LogP contribution in [0.1, 0.15) is 97.5 Å². The molecule has 8 atom stereocenters. The zero-order chi connectivity index (χ0) is 54.3. The summed E-state index contributed by atoms with van der Waals surface area (Å²) in [5, 5.41) is 28.1. The molecule has 0 aliphatic heterocycles. The number of carboxylic acids is 1. The van der Waals surface area contributed by atoms with Crippen LogP contribution in [0.25, 0.3) is 0 Å². The summed E-state index contributed by atoms with van der Waals surface area (Å²) in [6, 6.07) is -1.04. The number of nitrogens with two attached hydrogens (primary N) is 8. The molecule has 404 valence electrons. The molecule has 0 bridgehead atoms. The Kier molecular flexibility index (Phi) is 29.7. The smallest absolute Gasteiger partial charge is 0.326 e. The van der Waals surface area contributed by atoms with Gasteiger partial charge in [-0.2, -0.15) is 0 Å². The Labute approximate surface area is 420 Å². The van der Waals surface area contributed by atoms with E-state index < -0.39 is 95.7 Å². The molecule has 27 nitrogen and oxygen atoms in total. The van der Waals surface area contributed by atoms with Crippen molar-refractivity contribution in [1.29, 1.82) is 0 Å². The van der Waals surface area contributed by atoms with Crippen LogP contribution < -0.4 is 83.1 Å². The summed E-state index contributed by atoms with van der Waals surface area (Å²) in [4.78, 5) is 119. The van der Waals surface area contributed by atoms with Crippen LogP contribution in [0.15, 0.2) is 45.3 Å². The van der Waals surface area contributed by atoms with E-state index in [1.807, 2.05) is 13.8 Å². The largest absolute Gasteiger partial charge is 0.480 e. The summed E-state index contributed by atoms with van der Waals surface area (Å²) in [6.45, 7) is 7.18. The van der Waals surface area contributed by atoms with Gasteiger partial charge in [0.05, 0.1) is 6.04 Å². The van der Waals surface area contributed by atoms with Crippen LogP contribution in [0.2, 0.25) is 0 Å². The number of unbranched alkanes of at least 4 members (excludes halogenated alkanes) is 1. The van der Waals surface area contributed by atoms with E-state index in [-0.39, 0.29) is 101 Å². The number of guanidine groups is 3. The van der Waals surface area contributed by atoms with Crippen molar-refractivity contribution in [2.45, 2.75) is 147 Å². The number of nitrogens with zero attached hydrogens (tertiary/aromatic N) is 3. The first-order valence-electron chi connectivity index (χ1n) is 24.0. The molecule has 0 aliphatic carbocycles. The highest BCUT2D eigenvalue weighted by molar-refractivity contribution is 5.97. The summed E-state index contributed by atoms with van der Waals surface area (Å²) in [5.74, 6) is -7.11. The normalized spacial score (nSPS) is 14.2. The fourth-order valence-corrected chi connectivity index (χ4v) is 6.88. The average Bonchev–Trinajstić information content (AvgIpc) is 3.30. The molecular weight excluding hydrogens is 937 g/mol. The second-order valence-electron chi connectivity index (χ2n) is 17.7. The fourth-order valence-electron chi connectivity index (χ4n) is 6.88. The van der Waals surface area contributed by atoms with Crippen molar-refractivity contribution in [3.05, 3.63) is 35.9 Å². The maximum atomic E-state index is 14.2. The number of hydrogen-bond donors (Lipinski definition) is 16. The lowest BCUT2D eigenvalue weighted by atomic mass is 10.0. The van der Waals surface area contributed by atoms with Gasteiger partial charge in [0.15, 0.2) is 17.9 Å². The van der Waals surface area contributed by atoms with E-state index in [0.717, 1.165) is 0 Å².